The Bertz CT molecular complexity index is 269. The molecule has 2 N–H and O–H groups in total. The van der Waals surface area contributed by atoms with Gasteiger partial charge in [-0.1, -0.05) is 24.6 Å². The zero-order valence-corrected chi connectivity index (χ0v) is 7.57. The Morgan fingerprint density at radius 2 is 2.09 bits per heavy atom. The van der Waals surface area contributed by atoms with E-state index >= 15 is 0 Å². The Kier molecular flexibility index (Phi) is 2.40. The number of hydrogen-bond acceptors (Lipinski definition) is 1. The minimum Gasteiger partial charge on any atom is -0.398 e. The monoisotopic (exact) mass is 169 g/mol. The van der Waals surface area contributed by atoms with Gasteiger partial charge < -0.3 is 5.73 Å². The molecule has 1 nitrogen and oxygen atoms in total. The van der Waals surface area contributed by atoms with Crippen LogP contribution in [-0.2, 0) is 6.42 Å². The van der Waals surface area contributed by atoms with Gasteiger partial charge in [0, 0.05) is 0 Å². The van der Waals surface area contributed by atoms with Crippen molar-refractivity contribution >= 4 is 17.3 Å². The topological polar surface area (TPSA) is 26.0 Å². The van der Waals surface area contributed by atoms with Crippen LogP contribution in [0.1, 0.15) is 18.1 Å². The molecular formula is C9H12ClN. The van der Waals surface area contributed by atoms with Gasteiger partial charge in [0.05, 0.1) is 10.7 Å². The summed E-state index contributed by atoms with van der Waals surface area (Å²) in [6, 6.07) is 3.84. The number of aryl methyl sites for hydroxylation is 1. The minimum atomic E-state index is 0.675. The summed E-state index contributed by atoms with van der Waals surface area (Å²) in [4.78, 5) is 0. The maximum absolute atomic E-state index is 5.97. The lowest BCUT2D eigenvalue weighted by Crippen LogP contribution is -1.93. The first kappa shape index (κ1) is 8.41. The van der Waals surface area contributed by atoms with E-state index in [2.05, 4.69) is 6.92 Å². The summed E-state index contributed by atoms with van der Waals surface area (Å²) < 4.78 is 0. The molecule has 60 valence electrons. The molecule has 0 saturated heterocycles. The highest BCUT2D eigenvalue weighted by Crippen LogP contribution is 2.26. The first-order chi connectivity index (χ1) is 5.16. The molecule has 0 unspecified atom stereocenters. The van der Waals surface area contributed by atoms with E-state index in [1.165, 1.54) is 5.56 Å². The Balaban J connectivity index is 3.29. The van der Waals surface area contributed by atoms with E-state index in [9.17, 15) is 0 Å². The highest BCUT2D eigenvalue weighted by molar-refractivity contribution is 6.33. The molecule has 0 aliphatic heterocycles. The SMILES string of the molecule is CCc1c(C)ccc(N)c1Cl. The number of hydrogen-bond donors (Lipinski definition) is 1. The standard InChI is InChI=1S/C9H12ClN/c1-3-7-6(2)4-5-8(11)9(7)10/h4-5H,3,11H2,1-2H3. The molecule has 2 heteroatoms. The van der Waals surface area contributed by atoms with Crippen LogP contribution in [0, 0.1) is 6.92 Å². The number of halogens is 1. The lowest BCUT2D eigenvalue weighted by Gasteiger charge is -2.07. The molecule has 0 aromatic heterocycles. The largest absolute Gasteiger partial charge is 0.398 e. The molecule has 1 rings (SSSR count). The third-order valence-electron chi connectivity index (χ3n) is 1.86. The normalized spacial score (nSPS) is 10.1. The van der Waals surface area contributed by atoms with E-state index in [1.807, 2.05) is 19.1 Å². The van der Waals surface area contributed by atoms with Crippen molar-refractivity contribution in [2.75, 3.05) is 5.73 Å². The van der Waals surface area contributed by atoms with Crippen LogP contribution in [0.4, 0.5) is 5.69 Å². The van der Waals surface area contributed by atoms with Gasteiger partial charge in [-0.15, -0.1) is 0 Å². The van der Waals surface area contributed by atoms with Gasteiger partial charge in [-0.2, -0.15) is 0 Å². The minimum absolute atomic E-state index is 0.675. The van der Waals surface area contributed by atoms with Crippen molar-refractivity contribution < 1.29 is 0 Å². The lowest BCUT2D eigenvalue weighted by molar-refractivity contribution is 1.11. The number of rotatable bonds is 1. The second-order valence-corrected chi connectivity index (χ2v) is 3.00. The molecule has 0 bridgehead atoms. The molecular weight excluding hydrogens is 158 g/mol. The maximum Gasteiger partial charge on any atom is 0.0669 e. The summed E-state index contributed by atoms with van der Waals surface area (Å²) in [6.07, 6.45) is 0.940. The van der Waals surface area contributed by atoms with Gasteiger partial charge in [0.2, 0.25) is 0 Å². The van der Waals surface area contributed by atoms with E-state index in [4.69, 9.17) is 17.3 Å². The van der Waals surface area contributed by atoms with Crippen LogP contribution in [0.15, 0.2) is 12.1 Å². The number of nitrogen functional groups attached to an aromatic ring is 1. The summed E-state index contributed by atoms with van der Waals surface area (Å²) in [5.74, 6) is 0. The molecule has 0 aliphatic carbocycles. The highest BCUT2D eigenvalue weighted by Gasteiger charge is 2.03. The second kappa shape index (κ2) is 3.14. The molecule has 0 atom stereocenters. The fraction of sp³-hybridized carbons (Fsp3) is 0.333. The smallest absolute Gasteiger partial charge is 0.0669 e. The third-order valence-corrected chi connectivity index (χ3v) is 2.31. The average molecular weight is 170 g/mol. The van der Waals surface area contributed by atoms with E-state index in [0.29, 0.717) is 10.7 Å². The summed E-state index contributed by atoms with van der Waals surface area (Å²) in [6.45, 7) is 4.12. The molecule has 0 aliphatic rings. The fourth-order valence-corrected chi connectivity index (χ4v) is 1.52. The van der Waals surface area contributed by atoms with Crippen LogP contribution >= 0.6 is 11.6 Å². The molecule has 1 aromatic rings. The van der Waals surface area contributed by atoms with Crippen LogP contribution in [0.5, 0.6) is 0 Å². The predicted molar refractivity (Wildman–Crippen MR) is 50.0 cm³/mol. The van der Waals surface area contributed by atoms with E-state index in [0.717, 1.165) is 12.0 Å². The Morgan fingerprint density at radius 1 is 1.45 bits per heavy atom. The van der Waals surface area contributed by atoms with Crippen molar-refractivity contribution in [2.24, 2.45) is 0 Å². The molecule has 0 fully saturated rings. The van der Waals surface area contributed by atoms with Gasteiger partial charge in [-0.05, 0) is 30.5 Å². The quantitative estimate of drug-likeness (QED) is 0.643. The summed E-state index contributed by atoms with van der Waals surface area (Å²) >= 11 is 5.97. The van der Waals surface area contributed by atoms with Crippen molar-refractivity contribution in [3.8, 4) is 0 Å². The Labute approximate surface area is 72.2 Å². The van der Waals surface area contributed by atoms with Crippen molar-refractivity contribution in [2.45, 2.75) is 20.3 Å². The van der Waals surface area contributed by atoms with Gasteiger partial charge in [0.25, 0.3) is 0 Å². The summed E-state index contributed by atoms with van der Waals surface area (Å²) in [5, 5.41) is 0.715. The van der Waals surface area contributed by atoms with Crippen molar-refractivity contribution in [1.29, 1.82) is 0 Å². The number of benzene rings is 1. The van der Waals surface area contributed by atoms with Gasteiger partial charge in [-0.3, -0.25) is 0 Å². The predicted octanol–water partition coefficient (Wildman–Crippen LogP) is 2.79. The second-order valence-electron chi connectivity index (χ2n) is 2.62. The van der Waals surface area contributed by atoms with Crippen LogP contribution in [0.2, 0.25) is 5.02 Å². The Morgan fingerprint density at radius 3 is 2.55 bits per heavy atom. The highest BCUT2D eigenvalue weighted by atomic mass is 35.5. The average Bonchev–Trinajstić information content (AvgIpc) is 1.99. The van der Waals surface area contributed by atoms with Crippen molar-refractivity contribution in [1.82, 2.24) is 0 Å². The van der Waals surface area contributed by atoms with E-state index in [1.54, 1.807) is 0 Å². The summed E-state index contributed by atoms with van der Waals surface area (Å²) in [5.41, 5.74) is 8.68. The van der Waals surface area contributed by atoms with Gasteiger partial charge >= 0.3 is 0 Å². The van der Waals surface area contributed by atoms with Crippen LogP contribution < -0.4 is 5.73 Å². The van der Waals surface area contributed by atoms with Crippen molar-refractivity contribution in [3.05, 3.63) is 28.3 Å². The molecule has 0 heterocycles. The van der Waals surface area contributed by atoms with Gasteiger partial charge in [-0.25, -0.2) is 0 Å². The third kappa shape index (κ3) is 1.48. The molecule has 11 heavy (non-hydrogen) atoms. The maximum atomic E-state index is 5.97. The van der Waals surface area contributed by atoms with E-state index in [-0.39, 0.29) is 0 Å². The first-order valence-electron chi connectivity index (χ1n) is 3.70. The summed E-state index contributed by atoms with van der Waals surface area (Å²) in [7, 11) is 0. The van der Waals surface area contributed by atoms with Gasteiger partial charge in [0.1, 0.15) is 0 Å². The molecule has 0 amide bonds. The van der Waals surface area contributed by atoms with Crippen LogP contribution in [-0.4, -0.2) is 0 Å². The Hall–Kier alpha value is -0.690. The first-order valence-corrected chi connectivity index (χ1v) is 4.08. The van der Waals surface area contributed by atoms with Gasteiger partial charge in [0.15, 0.2) is 0 Å². The molecule has 0 spiro atoms. The molecule has 0 radical (unpaired) electrons. The zero-order valence-electron chi connectivity index (χ0n) is 6.82. The fourth-order valence-electron chi connectivity index (χ4n) is 1.17. The van der Waals surface area contributed by atoms with Crippen molar-refractivity contribution in [3.63, 3.8) is 0 Å². The zero-order chi connectivity index (χ0) is 8.43. The van der Waals surface area contributed by atoms with Crippen LogP contribution in [0.25, 0.3) is 0 Å². The van der Waals surface area contributed by atoms with E-state index < -0.39 is 0 Å². The van der Waals surface area contributed by atoms with Crippen LogP contribution in [0.3, 0.4) is 0 Å². The molecule has 1 aromatic carbocycles. The number of nitrogens with two attached hydrogens (primary N) is 1. The lowest BCUT2D eigenvalue weighted by atomic mass is 10.1. The molecule has 0 saturated carbocycles. The number of anilines is 1.